The molecule has 4 heterocycles. The van der Waals surface area contributed by atoms with Crippen LogP contribution in [0.1, 0.15) is 85.5 Å². The van der Waals surface area contributed by atoms with Crippen LogP contribution in [0.5, 0.6) is 0 Å². The summed E-state index contributed by atoms with van der Waals surface area (Å²) in [6, 6.07) is 0. The molecule has 4 aliphatic heterocycles. The summed E-state index contributed by atoms with van der Waals surface area (Å²) in [5, 5.41) is 62.2. The van der Waals surface area contributed by atoms with Gasteiger partial charge in [0.15, 0.2) is 18.4 Å². The van der Waals surface area contributed by atoms with Crippen LogP contribution in [0, 0.1) is 46.3 Å². The maximum absolute atomic E-state index is 11.1. The first-order valence-electron chi connectivity index (χ1n) is 19.4. The SMILES string of the molecule is C[C@@H]1CC[C@@]2(OC1)O[C@H]1C[C@H]3[C@@H]4CC=C5C[C@@H](O[C@@H]6O[C@H](CO)[C@@H](O)[C@H](O)[C@H]6O[C@@H]6OC[C@@H](O)[C@H](O)[C@H]6O)CC[C@]5(C)[C@H]4CC[C@]3(C)[C@H]1[C@@H]2C. The first kappa shape index (κ1) is 36.2. The van der Waals surface area contributed by atoms with E-state index in [1.807, 2.05) is 0 Å². The zero-order valence-corrected chi connectivity index (χ0v) is 30.0. The molecule has 50 heavy (non-hydrogen) atoms. The topological polar surface area (TPSA) is 177 Å². The molecule has 20 atom stereocenters. The number of hydrogen-bond donors (Lipinski definition) is 6. The summed E-state index contributed by atoms with van der Waals surface area (Å²) < 4.78 is 37.3. The van der Waals surface area contributed by atoms with Gasteiger partial charge in [0.2, 0.25) is 0 Å². The molecule has 0 aromatic rings. The highest BCUT2D eigenvalue weighted by atomic mass is 16.8. The fourth-order valence-corrected chi connectivity index (χ4v) is 12.3. The van der Waals surface area contributed by atoms with Gasteiger partial charge in [0.1, 0.15) is 42.7 Å². The normalized spacial score (nSPS) is 57.8. The van der Waals surface area contributed by atoms with Crippen molar-refractivity contribution in [3.63, 3.8) is 0 Å². The van der Waals surface area contributed by atoms with Crippen LogP contribution in [0.25, 0.3) is 0 Å². The first-order chi connectivity index (χ1) is 23.8. The molecule has 6 N–H and O–H groups in total. The molecular formula is C38H60O12. The van der Waals surface area contributed by atoms with Crippen LogP contribution in [-0.2, 0) is 28.4 Å². The minimum atomic E-state index is -1.59. The van der Waals surface area contributed by atoms with E-state index in [1.54, 1.807) is 0 Å². The summed E-state index contributed by atoms with van der Waals surface area (Å²) in [6.07, 6.45) is -0.668. The Kier molecular flexibility index (Phi) is 9.59. The van der Waals surface area contributed by atoms with Crippen molar-refractivity contribution in [3.8, 4) is 0 Å². The minimum absolute atomic E-state index is 0.0573. The molecule has 0 aromatic carbocycles. The summed E-state index contributed by atoms with van der Waals surface area (Å²) in [4.78, 5) is 0. The number of rotatable bonds is 5. The second-order valence-electron chi connectivity index (χ2n) is 17.8. The van der Waals surface area contributed by atoms with Gasteiger partial charge in [-0.05, 0) is 91.8 Å². The van der Waals surface area contributed by atoms with Gasteiger partial charge in [0.25, 0.3) is 0 Å². The van der Waals surface area contributed by atoms with Crippen LogP contribution in [0.3, 0.4) is 0 Å². The van der Waals surface area contributed by atoms with Crippen molar-refractivity contribution in [1.82, 2.24) is 0 Å². The van der Waals surface area contributed by atoms with Crippen LogP contribution in [0.2, 0.25) is 0 Å². The Labute approximate surface area is 295 Å². The summed E-state index contributed by atoms with van der Waals surface area (Å²) in [6.45, 7) is 9.66. The van der Waals surface area contributed by atoms with E-state index in [0.717, 1.165) is 38.7 Å². The molecule has 0 unspecified atom stereocenters. The van der Waals surface area contributed by atoms with E-state index < -0.39 is 67.7 Å². The largest absolute Gasteiger partial charge is 0.394 e. The molecule has 284 valence electrons. The standard InChI is InChI=1S/C38H60O12/c1-18-7-12-38(46-16-18)19(2)28-26(50-38)14-24-22-6-5-20-13-21(8-10-36(20,3)23(22)9-11-37(24,28)4)47-35-33(31(43)30(42)27(15-39)48-35)49-34-32(44)29(41)25(40)17-45-34/h5,18-19,21-35,39-44H,6-17H2,1-4H3/t18-,19+,21+,22-,23+,24+,25-,26+,27-,28+,29+,30-,31+,32-,33-,34+,35-,36+,37+,38-/m1/s1. The molecule has 1 spiro atoms. The van der Waals surface area contributed by atoms with Gasteiger partial charge in [-0.2, -0.15) is 0 Å². The van der Waals surface area contributed by atoms with Gasteiger partial charge in [-0.1, -0.05) is 39.3 Å². The Morgan fingerprint density at radius 1 is 0.860 bits per heavy atom. The van der Waals surface area contributed by atoms with Crippen molar-refractivity contribution < 1.29 is 59.1 Å². The zero-order valence-electron chi connectivity index (χ0n) is 30.0. The van der Waals surface area contributed by atoms with Gasteiger partial charge >= 0.3 is 0 Å². The van der Waals surface area contributed by atoms with Crippen LogP contribution in [-0.4, -0.2) is 124 Å². The lowest BCUT2D eigenvalue weighted by Crippen LogP contribution is -2.63. The van der Waals surface area contributed by atoms with Crippen molar-refractivity contribution in [2.24, 2.45) is 46.3 Å². The van der Waals surface area contributed by atoms with E-state index in [0.29, 0.717) is 41.9 Å². The van der Waals surface area contributed by atoms with E-state index in [2.05, 4.69) is 33.8 Å². The fourth-order valence-electron chi connectivity index (χ4n) is 12.3. The summed E-state index contributed by atoms with van der Waals surface area (Å²) in [5.41, 5.74) is 1.71. The van der Waals surface area contributed by atoms with Crippen molar-refractivity contribution in [1.29, 1.82) is 0 Å². The number of allylic oxidation sites excluding steroid dienone is 1. The van der Waals surface area contributed by atoms with Gasteiger partial charge in [0, 0.05) is 12.3 Å². The molecule has 0 amide bonds. The third-order valence-corrected chi connectivity index (χ3v) is 15.2. The molecule has 0 bridgehead atoms. The summed E-state index contributed by atoms with van der Waals surface area (Å²) in [7, 11) is 0. The molecular weight excluding hydrogens is 648 g/mol. The van der Waals surface area contributed by atoms with E-state index in [-0.39, 0.29) is 29.6 Å². The molecule has 8 aliphatic rings. The quantitative estimate of drug-likeness (QED) is 0.230. The van der Waals surface area contributed by atoms with Gasteiger partial charge in [-0.25, -0.2) is 0 Å². The van der Waals surface area contributed by atoms with E-state index >= 15 is 0 Å². The Morgan fingerprint density at radius 2 is 1.66 bits per heavy atom. The lowest BCUT2D eigenvalue weighted by Gasteiger charge is -2.58. The maximum Gasteiger partial charge on any atom is 0.187 e. The third-order valence-electron chi connectivity index (χ3n) is 15.2. The second-order valence-corrected chi connectivity index (χ2v) is 17.8. The van der Waals surface area contributed by atoms with Gasteiger partial charge in [-0.15, -0.1) is 0 Å². The Balaban J connectivity index is 0.961. The predicted octanol–water partition coefficient (Wildman–Crippen LogP) is 2.00. The summed E-state index contributed by atoms with van der Waals surface area (Å²) in [5.74, 6) is 2.94. The molecule has 7 fully saturated rings. The molecule has 0 radical (unpaired) electrons. The minimum Gasteiger partial charge on any atom is -0.394 e. The first-order valence-corrected chi connectivity index (χ1v) is 19.4. The summed E-state index contributed by atoms with van der Waals surface area (Å²) >= 11 is 0. The number of aliphatic hydroxyl groups is 6. The molecule has 4 saturated heterocycles. The molecule has 8 rings (SSSR count). The monoisotopic (exact) mass is 708 g/mol. The number of fused-ring (bicyclic) bond motifs is 7. The Morgan fingerprint density at radius 3 is 2.40 bits per heavy atom. The third kappa shape index (κ3) is 5.61. The number of ether oxygens (including phenoxy) is 6. The van der Waals surface area contributed by atoms with Crippen LogP contribution < -0.4 is 0 Å². The molecule has 12 heteroatoms. The molecule has 12 nitrogen and oxygen atoms in total. The lowest BCUT2D eigenvalue weighted by molar-refractivity contribution is -0.362. The average molecular weight is 709 g/mol. The second kappa shape index (κ2) is 13.2. The van der Waals surface area contributed by atoms with Gasteiger partial charge in [0.05, 0.1) is 32.0 Å². The molecule has 4 aliphatic carbocycles. The highest BCUT2D eigenvalue weighted by Crippen LogP contribution is 2.70. The highest BCUT2D eigenvalue weighted by Gasteiger charge is 2.68. The Hall–Kier alpha value is -0.740. The number of hydrogen-bond acceptors (Lipinski definition) is 12. The van der Waals surface area contributed by atoms with Gasteiger partial charge in [-0.3, -0.25) is 0 Å². The smallest absolute Gasteiger partial charge is 0.187 e. The van der Waals surface area contributed by atoms with Crippen molar-refractivity contribution in [2.75, 3.05) is 19.8 Å². The average Bonchev–Trinajstić information content (AvgIpc) is 3.54. The predicted molar refractivity (Wildman–Crippen MR) is 177 cm³/mol. The lowest BCUT2D eigenvalue weighted by atomic mass is 9.47. The van der Waals surface area contributed by atoms with Crippen LogP contribution >= 0.6 is 0 Å². The van der Waals surface area contributed by atoms with Crippen molar-refractivity contribution in [3.05, 3.63) is 11.6 Å². The van der Waals surface area contributed by atoms with Crippen molar-refractivity contribution >= 4 is 0 Å². The van der Waals surface area contributed by atoms with E-state index in [1.165, 1.54) is 24.8 Å². The van der Waals surface area contributed by atoms with Gasteiger partial charge < -0.3 is 59.1 Å². The Bertz CT molecular complexity index is 1270. The zero-order chi connectivity index (χ0) is 35.3. The fraction of sp³-hybridized carbons (Fsp3) is 0.947. The van der Waals surface area contributed by atoms with E-state index in [4.69, 9.17) is 28.4 Å². The maximum atomic E-state index is 11.1. The number of aliphatic hydroxyl groups excluding tert-OH is 6. The van der Waals surface area contributed by atoms with Crippen LogP contribution in [0.15, 0.2) is 11.6 Å². The molecule has 0 aromatic heterocycles. The van der Waals surface area contributed by atoms with E-state index in [9.17, 15) is 30.6 Å². The van der Waals surface area contributed by atoms with Crippen molar-refractivity contribution in [2.45, 2.75) is 159 Å². The van der Waals surface area contributed by atoms with Crippen LogP contribution in [0.4, 0.5) is 0 Å². The highest BCUT2D eigenvalue weighted by molar-refractivity contribution is 5.26. The molecule has 3 saturated carbocycles.